The van der Waals surface area contributed by atoms with Gasteiger partial charge in [-0.15, -0.1) is 0 Å². The van der Waals surface area contributed by atoms with Crippen LogP contribution in [0.4, 0.5) is 0 Å². The van der Waals surface area contributed by atoms with E-state index in [-0.39, 0.29) is 56.2 Å². The molecule has 5 aromatic rings. The minimum atomic E-state index is -1.19. The van der Waals surface area contributed by atoms with E-state index >= 15 is 0 Å². The maximum atomic E-state index is 12.5. The maximum absolute atomic E-state index is 12.5. The number of rotatable bonds is 9. The number of carboxylic acids is 1. The number of halogens is 1. The molecule has 55 heavy (non-hydrogen) atoms. The van der Waals surface area contributed by atoms with Crippen molar-refractivity contribution in [3.63, 3.8) is 0 Å². The van der Waals surface area contributed by atoms with Crippen molar-refractivity contribution < 1.29 is 39.2 Å². The summed E-state index contributed by atoms with van der Waals surface area (Å²) < 4.78 is 5.75. The van der Waals surface area contributed by atoms with Crippen LogP contribution in [0.25, 0.3) is 55.8 Å². The van der Waals surface area contributed by atoms with Crippen LogP contribution in [-0.2, 0) is 6.54 Å². The number of aromatic amines is 1. The molecule has 13 nitrogen and oxygen atoms in total. The predicted octanol–water partition coefficient (Wildman–Crippen LogP) is 7.06. The molecule has 0 saturated heterocycles. The van der Waals surface area contributed by atoms with Crippen molar-refractivity contribution in [1.29, 1.82) is 0 Å². The number of amides is 1. The lowest BCUT2D eigenvalue weighted by atomic mass is 9.90. The number of aldehydes is 1. The fourth-order valence-electron chi connectivity index (χ4n) is 6.14. The summed E-state index contributed by atoms with van der Waals surface area (Å²) in [6, 6.07) is 23.4. The van der Waals surface area contributed by atoms with Crippen molar-refractivity contribution in [2.75, 3.05) is 13.6 Å². The van der Waals surface area contributed by atoms with E-state index in [1.807, 2.05) is 38.2 Å². The summed E-state index contributed by atoms with van der Waals surface area (Å²) >= 11 is 6.02. The zero-order chi connectivity index (χ0) is 39.4. The van der Waals surface area contributed by atoms with Crippen LogP contribution in [0.1, 0.15) is 43.7 Å². The number of H-pyrrole nitrogens is 1. The molecule has 2 aliphatic rings. The quantitative estimate of drug-likeness (QED) is 0.0584. The summed E-state index contributed by atoms with van der Waals surface area (Å²) in [5.74, 6) is -1.67. The molecule has 0 unspecified atom stereocenters. The molecule has 7 N–H and O–H groups in total. The van der Waals surface area contributed by atoms with Gasteiger partial charge in [0.2, 0.25) is 0 Å². The predicted molar refractivity (Wildman–Crippen MR) is 207 cm³/mol. The molecule has 0 atom stereocenters. The first-order chi connectivity index (χ1) is 26.4. The molecule has 4 aromatic carbocycles. The van der Waals surface area contributed by atoms with Crippen LogP contribution in [0, 0.1) is 0 Å². The molecule has 1 aliphatic heterocycles. The third kappa shape index (κ3) is 7.74. The largest absolute Gasteiger partial charge is 0.508 e. The minimum absolute atomic E-state index is 0.0235. The second kappa shape index (κ2) is 16.0. The summed E-state index contributed by atoms with van der Waals surface area (Å²) in [6.07, 6.45) is 0.578. The number of fused-ring (bicyclic) bond motifs is 2. The van der Waals surface area contributed by atoms with Gasteiger partial charge in [0.25, 0.3) is 5.91 Å². The number of aromatic nitrogens is 2. The number of nitrogens with zero attached hydrogens (tertiary/aromatic N) is 1. The van der Waals surface area contributed by atoms with E-state index in [2.05, 4.69) is 20.8 Å². The average Bonchev–Trinajstić information content (AvgIpc) is 3.61. The van der Waals surface area contributed by atoms with Gasteiger partial charge in [-0.05, 0) is 67.1 Å². The highest BCUT2D eigenvalue weighted by atomic mass is 35.5. The van der Waals surface area contributed by atoms with Gasteiger partial charge in [0.05, 0.1) is 10.6 Å². The Morgan fingerprint density at radius 3 is 2.31 bits per heavy atom. The maximum Gasteiger partial charge on any atom is 0.336 e. The normalized spacial score (nSPS) is 10.9. The highest BCUT2D eigenvalue weighted by Gasteiger charge is 2.25. The smallest absolute Gasteiger partial charge is 0.336 e. The molecule has 278 valence electrons. The van der Waals surface area contributed by atoms with Crippen molar-refractivity contribution in [2.45, 2.75) is 13.5 Å². The van der Waals surface area contributed by atoms with Crippen molar-refractivity contribution in [3.8, 4) is 62.1 Å². The average molecular weight is 761 g/mol. The Bertz CT molecular complexity index is 2620. The van der Waals surface area contributed by atoms with Gasteiger partial charge in [0.15, 0.2) is 5.43 Å². The van der Waals surface area contributed by atoms with E-state index in [1.54, 1.807) is 18.2 Å². The third-order valence-corrected chi connectivity index (χ3v) is 8.93. The number of aromatic carboxylic acids is 1. The molecule has 14 heteroatoms. The lowest BCUT2D eigenvalue weighted by molar-refractivity contribution is 0.0697. The lowest BCUT2D eigenvalue weighted by Crippen LogP contribution is -2.23. The second-order valence-corrected chi connectivity index (χ2v) is 12.7. The summed E-state index contributed by atoms with van der Waals surface area (Å²) in [6.45, 7) is 3.01. The van der Waals surface area contributed by atoms with Gasteiger partial charge in [-0.25, -0.2) is 4.79 Å². The van der Waals surface area contributed by atoms with Gasteiger partial charge in [0, 0.05) is 64.5 Å². The standard InChI is InChI=1S/C21H12O6.C20H21ClN4O3/c22-10-11-1-4-14(17(7-11)21(25)26)20-15-5-2-12(23)8-18(15)27-19-9-13(24)3-6-16(19)20;1-3-23-20(28)19-17(12-6-4-11(5-7-12)10-22-2)18(24-25-19)13-8-14(21)16(27)9-15(13)26/h1-10,23H,(H,25,26);4-9,22,26-27H,3,10H2,1-2H3,(H,23,28)(H,24,25). The topological polar surface area (TPSA) is 215 Å². The Hall–Kier alpha value is -6.96. The Balaban J connectivity index is 0.000000187. The number of aromatic hydroxyl groups is 3. The lowest BCUT2D eigenvalue weighted by Gasteiger charge is -2.16. The van der Waals surface area contributed by atoms with Crippen LogP contribution in [0.5, 0.6) is 17.2 Å². The molecular weight excluding hydrogens is 728 g/mol. The van der Waals surface area contributed by atoms with Crippen molar-refractivity contribution in [3.05, 3.63) is 129 Å². The van der Waals surface area contributed by atoms with Crippen LogP contribution in [-0.4, -0.2) is 62.4 Å². The zero-order valence-corrected chi connectivity index (χ0v) is 30.1. The van der Waals surface area contributed by atoms with Gasteiger partial charge >= 0.3 is 5.97 Å². The van der Waals surface area contributed by atoms with Gasteiger partial charge < -0.3 is 35.5 Å². The van der Waals surface area contributed by atoms with Crippen LogP contribution < -0.4 is 16.1 Å². The van der Waals surface area contributed by atoms with E-state index in [9.17, 15) is 39.6 Å². The SMILES string of the molecule is CCNC(=O)c1[nH]nc(-c2cc(Cl)c(O)cc2O)c1-c1ccc(CNC)cc1.O=Cc1ccc(-c2c3ccc(=O)cc-3oc3cc(O)ccc23)c(C(=O)O)c1. The Labute approximate surface area is 317 Å². The number of carbonyl (C=O) groups is 3. The number of hydrogen-bond donors (Lipinski definition) is 7. The molecule has 1 amide bonds. The van der Waals surface area contributed by atoms with E-state index in [4.69, 9.17) is 16.0 Å². The number of hydrogen-bond acceptors (Lipinski definition) is 10. The number of phenolic OH excluding ortho intramolecular Hbond substituents is 3. The Morgan fingerprint density at radius 2 is 1.62 bits per heavy atom. The van der Waals surface area contributed by atoms with Crippen LogP contribution in [0.2, 0.25) is 5.02 Å². The molecule has 0 spiro atoms. The molecular formula is C41H33ClN4O9. The number of nitrogens with one attached hydrogen (secondary N) is 3. The summed E-state index contributed by atoms with van der Waals surface area (Å²) in [5, 5.41) is 53.0. The van der Waals surface area contributed by atoms with E-state index < -0.39 is 5.97 Å². The molecule has 7 rings (SSSR count). The van der Waals surface area contributed by atoms with Gasteiger partial charge in [0.1, 0.15) is 46.3 Å². The van der Waals surface area contributed by atoms with Gasteiger partial charge in [-0.2, -0.15) is 5.10 Å². The van der Waals surface area contributed by atoms with Crippen LogP contribution in [0.3, 0.4) is 0 Å². The number of benzene rings is 5. The summed E-state index contributed by atoms with van der Waals surface area (Å²) in [5.41, 5.74) is 5.05. The number of carboxylic acid groups (broad SMARTS) is 1. The fourth-order valence-corrected chi connectivity index (χ4v) is 6.31. The van der Waals surface area contributed by atoms with Crippen molar-refractivity contribution >= 4 is 40.7 Å². The molecule has 0 bridgehead atoms. The number of carbonyl (C=O) groups excluding carboxylic acids is 2. The molecule has 0 saturated carbocycles. The first-order valence-corrected chi connectivity index (χ1v) is 17.2. The third-order valence-electron chi connectivity index (χ3n) is 8.63. The monoisotopic (exact) mass is 760 g/mol. The van der Waals surface area contributed by atoms with E-state index in [0.717, 1.165) is 23.7 Å². The summed E-state index contributed by atoms with van der Waals surface area (Å²) in [4.78, 5) is 47.2. The molecule has 0 fully saturated rings. The molecule has 0 radical (unpaired) electrons. The van der Waals surface area contributed by atoms with E-state index in [0.29, 0.717) is 57.3 Å². The molecule has 2 heterocycles. The number of phenols is 3. The first-order valence-electron chi connectivity index (χ1n) is 16.8. The molecule has 1 aromatic heterocycles. The minimum Gasteiger partial charge on any atom is -0.508 e. The second-order valence-electron chi connectivity index (χ2n) is 12.3. The Morgan fingerprint density at radius 1 is 0.873 bits per heavy atom. The Kier molecular flexibility index (Phi) is 11.0. The van der Waals surface area contributed by atoms with Gasteiger partial charge in [-0.1, -0.05) is 48.0 Å². The van der Waals surface area contributed by atoms with Crippen LogP contribution in [0.15, 0.2) is 100 Å². The zero-order valence-electron chi connectivity index (χ0n) is 29.3. The molecule has 1 aliphatic carbocycles. The van der Waals surface area contributed by atoms with Crippen LogP contribution >= 0.6 is 11.6 Å². The summed E-state index contributed by atoms with van der Waals surface area (Å²) in [7, 11) is 1.87. The fraction of sp³-hybridized carbons (Fsp3) is 0.0976. The van der Waals surface area contributed by atoms with Crippen molar-refractivity contribution in [2.24, 2.45) is 0 Å². The first kappa shape index (κ1) is 37.8. The van der Waals surface area contributed by atoms with Gasteiger partial charge in [-0.3, -0.25) is 19.5 Å². The van der Waals surface area contributed by atoms with Crippen molar-refractivity contribution in [1.82, 2.24) is 20.8 Å². The highest BCUT2D eigenvalue weighted by molar-refractivity contribution is 6.32. The highest BCUT2D eigenvalue weighted by Crippen LogP contribution is 2.43. The van der Waals surface area contributed by atoms with E-state index in [1.165, 1.54) is 42.5 Å².